The first-order valence-electron chi connectivity index (χ1n) is 11.2. The number of rotatable bonds is 3. The molecule has 3 aliphatic heterocycles. The maximum Gasteiger partial charge on any atom is 0.208 e. The van der Waals surface area contributed by atoms with E-state index < -0.39 is 0 Å². The Morgan fingerprint density at radius 1 is 0.968 bits per heavy atom. The first kappa shape index (κ1) is 18.6. The second-order valence-corrected chi connectivity index (χ2v) is 8.85. The van der Waals surface area contributed by atoms with Gasteiger partial charge in [0.25, 0.3) is 0 Å². The van der Waals surface area contributed by atoms with E-state index in [9.17, 15) is 0 Å². The van der Waals surface area contributed by atoms with Gasteiger partial charge in [0.1, 0.15) is 12.3 Å². The average molecular weight is 412 g/mol. The number of likely N-dealkylation sites (tertiary alicyclic amines) is 1. The molecule has 3 aromatic rings. The molecule has 0 aliphatic carbocycles. The Morgan fingerprint density at radius 3 is 2.58 bits per heavy atom. The van der Waals surface area contributed by atoms with Crippen LogP contribution in [0, 0.1) is 0 Å². The fourth-order valence-electron chi connectivity index (χ4n) is 5.32. The smallest absolute Gasteiger partial charge is 0.208 e. The van der Waals surface area contributed by atoms with Gasteiger partial charge in [0.15, 0.2) is 0 Å². The number of benzene rings is 2. The highest BCUT2D eigenvalue weighted by Crippen LogP contribution is 2.49. The number of nitrogens with zero attached hydrogens (tertiary/aromatic N) is 3. The third kappa shape index (κ3) is 3.29. The molecular weight excluding hydrogens is 384 g/mol. The molecule has 1 saturated heterocycles. The van der Waals surface area contributed by atoms with Crippen molar-refractivity contribution in [1.29, 1.82) is 0 Å². The van der Waals surface area contributed by atoms with Crippen molar-refractivity contribution >= 4 is 5.71 Å². The quantitative estimate of drug-likeness (QED) is 0.720. The van der Waals surface area contributed by atoms with E-state index in [0.717, 1.165) is 55.9 Å². The zero-order valence-electron chi connectivity index (χ0n) is 17.6. The molecule has 2 aromatic carbocycles. The molecule has 1 spiro atoms. The van der Waals surface area contributed by atoms with E-state index in [0.29, 0.717) is 0 Å². The van der Waals surface area contributed by atoms with Crippen LogP contribution in [0.15, 0.2) is 84.2 Å². The summed E-state index contributed by atoms with van der Waals surface area (Å²) in [5.41, 5.74) is 4.51. The number of quaternary nitrogens is 1. The van der Waals surface area contributed by atoms with Crippen molar-refractivity contribution in [3.05, 3.63) is 95.8 Å². The highest BCUT2D eigenvalue weighted by atomic mass is 16.5. The Bertz CT molecular complexity index is 1090. The molecule has 1 aromatic heterocycles. The fourth-order valence-corrected chi connectivity index (χ4v) is 5.32. The van der Waals surface area contributed by atoms with Gasteiger partial charge in [-0.1, -0.05) is 54.6 Å². The molecule has 1 atom stereocenters. The lowest BCUT2D eigenvalue weighted by Gasteiger charge is -2.50. The summed E-state index contributed by atoms with van der Waals surface area (Å²) in [5.74, 6) is 1.03. The van der Waals surface area contributed by atoms with Crippen LogP contribution in [0.25, 0.3) is 0 Å². The third-order valence-electron chi connectivity index (χ3n) is 6.94. The molecule has 5 nitrogen and oxygen atoms in total. The second-order valence-electron chi connectivity index (χ2n) is 8.85. The number of para-hydroxylation sites is 1. The summed E-state index contributed by atoms with van der Waals surface area (Å²) >= 11 is 0. The normalized spacial score (nSPS) is 26.7. The molecule has 3 aliphatic rings. The lowest BCUT2D eigenvalue weighted by atomic mass is 9.90. The maximum atomic E-state index is 6.75. The first-order chi connectivity index (χ1) is 15.3. The van der Waals surface area contributed by atoms with Gasteiger partial charge < -0.3 is 9.64 Å². The van der Waals surface area contributed by atoms with Crippen LogP contribution in [0.5, 0.6) is 5.75 Å². The van der Waals surface area contributed by atoms with Crippen molar-refractivity contribution in [2.24, 2.45) is 5.10 Å². The SMILES string of the molecule is c1ccc(C[NH+]2CCC3(CC2)Oc2ccccc2[C@H]2CC(c4cccnc4)=NN23)cc1. The molecule has 1 N–H and O–H groups in total. The van der Waals surface area contributed by atoms with Gasteiger partial charge in [-0.25, -0.2) is 5.01 Å². The molecule has 0 radical (unpaired) electrons. The minimum atomic E-state index is -0.358. The van der Waals surface area contributed by atoms with Crippen LogP contribution in [-0.4, -0.2) is 34.5 Å². The average Bonchev–Trinajstić information content (AvgIpc) is 3.29. The predicted molar refractivity (Wildman–Crippen MR) is 120 cm³/mol. The van der Waals surface area contributed by atoms with Crippen molar-refractivity contribution in [2.45, 2.75) is 37.6 Å². The maximum absolute atomic E-state index is 6.75. The number of piperidine rings is 1. The van der Waals surface area contributed by atoms with Gasteiger partial charge in [0, 0.05) is 35.5 Å². The van der Waals surface area contributed by atoms with Crippen LogP contribution in [-0.2, 0) is 6.54 Å². The monoisotopic (exact) mass is 411 g/mol. The number of aromatic nitrogens is 1. The van der Waals surface area contributed by atoms with Crippen molar-refractivity contribution in [3.8, 4) is 5.75 Å². The van der Waals surface area contributed by atoms with Crippen LogP contribution in [0.4, 0.5) is 0 Å². The molecule has 0 saturated carbocycles. The van der Waals surface area contributed by atoms with E-state index in [-0.39, 0.29) is 11.8 Å². The van der Waals surface area contributed by atoms with E-state index >= 15 is 0 Å². The van der Waals surface area contributed by atoms with Crippen LogP contribution < -0.4 is 9.64 Å². The third-order valence-corrected chi connectivity index (χ3v) is 6.94. The van der Waals surface area contributed by atoms with E-state index in [4.69, 9.17) is 9.84 Å². The summed E-state index contributed by atoms with van der Waals surface area (Å²) in [6, 6.07) is 23.6. The van der Waals surface area contributed by atoms with Crippen LogP contribution in [0.3, 0.4) is 0 Å². The standard InChI is InChI=1S/C26H26N4O/c1-2-7-20(8-3-1)19-29-15-12-26(13-16-29)30-24(22-10-4-5-11-25(22)31-26)17-23(28-30)21-9-6-14-27-18-21/h1-11,14,18,24H,12-13,15-17,19H2/p+1/t24-/m1/s1. The van der Waals surface area contributed by atoms with Gasteiger partial charge in [-0.15, -0.1) is 0 Å². The minimum Gasteiger partial charge on any atom is -0.466 e. The van der Waals surface area contributed by atoms with Crippen LogP contribution in [0.1, 0.15) is 42.0 Å². The van der Waals surface area contributed by atoms with Gasteiger partial charge in [0.2, 0.25) is 5.72 Å². The van der Waals surface area contributed by atoms with Crippen LogP contribution >= 0.6 is 0 Å². The second kappa shape index (κ2) is 7.50. The van der Waals surface area contributed by atoms with Gasteiger partial charge in [-0.3, -0.25) is 4.98 Å². The fraction of sp³-hybridized carbons (Fsp3) is 0.308. The van der Waals surface area contributed by atoms with Gasteiger partial charge in [-0.05, 0) is 12.1 Å². The number of hydrazone groups is 1. The largest absolute Gasteiger partial charge is 0.466 e. The first-order valence-corrected chi connectivity index (χ1v) is 11.2. The Morgan fingerprint density at radius 2 is 1.77 bits per heavy atom. The highest BCUT2D eigenvalue weighted by molar-refractivity contribution is 6.01. The number of fused-ring (bicyclic) bond motifs is 4. The van der Waals surface area contributed by atoms with Crippen molar-refractivity contribution < 1.29 is 9.64 Å². The molecule has 0 bridgehead atoms. The summed E-state index contributed by atoms with van der Waals surface area (Å²) < 4.78 is 6.75. The Balaban J connectivity index is 1.29. The molecule has 5 heteroatoms. The molecule has 31 heavy (non-hydrogen) atoms. The van der Waals surface area contributed by atoms with Gasteiger partial charge in [0.05, 0.1) is 37.7 Å². The molecular formula is C26H27N4O+. The topological polar surface area (TPSA) is 42.2 Å². The highest BCUT2D eigenvalue weighted by Gasteiger charge is 2.52. The molecule has 4 heterocycles. The van der Waals surface area contributed by atoms with Crippen molar-refractivity contribution in [2.75, 3.05) is 13.1 Å². The molecule has 156 valence electrons. The number of nitrogens with one attached hydrogen (secondary N) is 1. The molecule has 0 unspecified atom stereocenters. The van der Waals surface area contributed by atoms with Crippen molar-refractivity contribution in [1.82, 2.24) is 9.99 Å². The summed E-state index contributed by atoms with van der Waals surface area (Å²) in [4.78, 5) is 5.93. The molecule has 6 rings (SSSR count). The predicted octanol–water partition coefficient (Wildman–Crippen LogP) is 3.20. The van der Waals surface area contributed by atoms with E-state index in [2.05, 4.69) is 70.7 Å². The Labute approximate surface area is 183 Å². The Kier molecular flexibility index (Phi) is 4.50. The minimum absolute atomic E-state index is 0.232. The van der Waals surface area contributed by atoms with Gasteiger partial charge in [-0.2, -0.15) is 5.10 Å². The summed E-state index contributed by atoms with van der Waals surface area (Å²) in [6.45, 7) is 3.23. The van der Waals surface area contributed by atoms with Crippen LogP contribution in [0.2, 0.25) is 0 Å². The molecule has 1 fully saturated rings. The van der Waals surface area contributed by atoms with E-state index in [1.165, 1.54) is 11.1 Å². The summed E-state index contributed by atoms with van der Waals surface area (Å²) in [5, 5.41) is 7.43. The van der Waals surface area contributed by atoms with E-state index in [1.54, 1.807) is 4.90 Å². The van der Waals surface area contributed by atoms with Crippen molar-refractivity contribution in [3.63, 3.8) is 0 Å². The zero-order chi connectivity index (χ0) is 20.7. The van der Waals surface area contributed by atoms with Gasteiger partial charge >= 0.3 is 0 Å². The summed E-state index contributed by atoms with van der Waals surface area (Å²) in [6.07, 6.45) is 6.59. The number of hydrogen-bond donors (Lipinski definition) is 1. The number of hydrogen-bond acceptors (Lipinski definition) is 4. The lowest BCUT2D eigenvalue weighted by Crippen LogP contribution is -3.12. The Hall–Kier alpha value is -3.18. The number of pyridine rings is 1. The zero-order valence-corrected chi connectivity index (χ0v) is 17.6. The lowest BCUT2D eigenvalue weighted by molar-refractivity contribution is -0.921. The molecule has 0 amide bonds. The van der Waals surface area contributed by atoms with E-state index in [1.807, 2.05) is 18.5 Å². The summed E-state index contributed by atoms with van der Waals surface area (Å²) in [7, 11) is 0. The number of ether oxygens (including phenoxy) is 1.